The maximum absolute atomic E-state index is 12.0. The zero-order valence-corrected chi connectivity index (χ0v) is 13.3. The van der Waals surface area contributed by atoms with Crippen LogP contribution in [0.25, 0.3) is 0 Å². The second kappa shape index (κ2) is 6.93. The summed E-state index contributed by atoms with van der Waals surface area (Å²) in [6, 6.07) is 0. The van der Waals surface area contributed by atoms with E-state index in [2.05, 4.69) is 32.1 Å². The maximum Gasteiger partial charge on any atom is 0.277 e. The molecule has 1 aliphatic rings. The Balaban J connectivity index is 1.56. The number of aromatic nitrogens is 3. The van der Waals surface area contributed by atoms with Crippen LogP contribution >= 0.6 is 11.3 Å². The predicted octanol–water partition coefficient (Wildman–Crippen LogP) is 2.42. The molecule has 1 amide bonds. The topological polar surface area (TPSA) is 71.0 Å². The molecule has 22 heavy (non-hydrogen) atoms. The highest BCUT2D eigenvalue weighted by atomic mass is 32.1. The van der Waals surface area contributed by atoms with Gasteiger partial charge in [-0.25, -0.2) is 9.97 Å². The third-order valence-corrected chi connectivity index (χ3v) is 4.64. The van der Waals surface area contributed by atoms with E-state index in [4.69, 9.17) is 0 Å². The molecule has 0 radical (unpaired) electrons. The lowest BCUT2D eigenvalue weighted by Gasteiger charge is -2.29. The molecule has 0 aliphatic carbocycles. The van der Waals surface area contributed by atoms with Crippen LogP contribution in [0.2, 0.25) is 0 Å². The van der Waals surface area contributed by atoms with Crippen LogP contribution < -0.4 is 5.32 Å². The number of hydrogen-bond donors (Lipinski definition) is 1. The fourth-order valence-electron chi connectivity index (χ4n) is 2.46. The molecular formula is C15H19N5OS. The Morgan fingerprint density at radius 1 is 1.41 bits per heavy atom. The van der Waals surface area contributed by atoms with Crippen molar-refractivity contribution in [3.8, 4) is 0 Å². The molecule has 0 saturated carbocycles. The third kappa shape index (κ3) is 3.86. The summed E-state index contributed by atoms with van der Waals surface area (Å²) in [6.45, 7) is 5.41. The van der Waals surface area contributed by atoms with E-state index in [1.54, 1.807) is 0 Å². The molecule has 0 aromatic carbocycles. The molecule has 1 aliphatic heterocycles. The van der Waals surface area contributed by atoms with Crippen molar-refractivity contribution in [2.75, 3.05) is 18.4 Å². The van der Waals surface area contributed by atoms with Gasteiger partial charge in [0, 0.05) is 24.3 Å². The monoisotopic (exact) mass is 317 g/mol. The van der Waals surface area contributed by atoms with Crippen molar-refractivity contribution in [1.29, 1.82) is 0 Å². The molecule has 3 heterocycles. The number of rotatable bonds is 4. The molecule has 6 nitrogen and oxygen atoms in total. The molecule has 0 atom stereocenters. The summed E-state index contributed by atoms with van der Waals surface area (Å²) in [5.74, 6) is 0.550. The van der Waals surface area contributed by atoms with E-state index in [1.807, 2.05) is 5.38 Å². The Morgan fingerprint density at radius 3 is 2.95 bits per heavy atom. The highest BCUT2D eigenvalue weighted by Gasteiger charge is 2.17. The number of thiazole rings is 1. The van der Waals surface area contributed by atoms with Crippen molar-refractivity contribution in [3.63, 3.8) is 0 Å². The Hall–Kier alpha value is -1.86. The van der Waals surface area contributed by atoms with Gasteiger partial charge in [-0.15, -0.1) is 11.3 Å². The van der Waals surface area contributed by atoms with Crippen molar-refractivity contribution >= 4 is 22.4 Å². The zero-order chi connectivity index (χ0) is 15.4. The Kier molecular flexibility index (Phi) is 4.74. The molecule has 2 aromatic heterocycles. The smallest absolute Gasteiger partial charge is 0.277 e. The number of hydrogen-bond acceptors (Lipinski definition) is 6. The molecule has 7 heteroatoms. The van der Waals surface area contributed by atoms with Crippen LogP contribution in [0.15, 0.2) is 24.0 Å². The standard InChI is InChI=1S/C15H19N5OS/c1-11-2-6-20(7-3-11)9-12-10-22-15(18-12)19-14(21)13-8-16-4-5-17-13/h4-5,8,10-11H,2-3,6-7,9H2,1H3,(H,18,19,21). The van der Waals surface area contributed by atoms with E-state index in [1.165, 1.54) is 42.8 Å². The number of likely N-dealkylation sites (tertiary alicyclic amines) is 1. The van der Waals surface area contributed by atoms with Gasteiger partial charge in [0.1, 0.15) is 5.69 Å². The highest BCUT2D eigenvalue weighted by molar-refractivity contribution is 7.13. The summed E-state index contributed by atoms with van der Waals surface area (Å²) in [5.41, 5.74) is 1.30. The van der Waals surface area contributed by atoms with E-state index in [-0.39, 0.29) is 5.91 Å². The first-order valence-corrected chi connectivity index (χ1v) is 8.33. The van der Waals surface area contributed by atoms with Gasteiger partial charge in [-0.2, -0.15) is 0 Å². The Labute approximate surface area is 133 Å². The van der Waals surface area contributed by atoms with Crippen LogP contribution in [-0.4, -0.2) is 38.8 Å². The van der Waals surface area contributed by atoms with Crippen LogP contribution in [0, 0.1) is 5.92 Å². The largest absolute Gasteiger partial charge is 0.297 e. The lowest BCUT2D eigenvalue weighted by Crippen LogP contribution is -2.32. The van der Waals surface area contributed by atoms with Gasteiger partial charge >= 0.3 is 0 Å². The van der Waals surface area contributed by atoms with Gasteiger partial charge < -0.3 is 0 Å². The van der Waals surface area contributed by atoms with Crippen LogP contribution in [-0.2, 0) is 6.54 Å². The van der Waals surface area contributed by atoms with Gasteiger partial charge in [0.05, 0.1) is 11.9 Å². The zero-order valence-electron chi connectivity index (χ0n) is 12.5. The lowest BCUT2D eigenvalue weighted by molar-refractivity contribution is 0.102. The van der Waals surface area contributed by atoms with Crippen LogP contribution in [0.4, 0.5) is 5.13 Å². The highest BCUT2D eigenvalue weighted by Crippen LogP contribution is 2.21. The first-order valence-electron chi connectivity index (χ1n) is 7.45. The number of carbonyl (C=O) groups excluding carboxylic acids is 1. The fourth-order valence-corrected chi connectivity index (χ4v) is 3.16. The molecule has 116 valence electrons. The summed E-state index contributed by atoms with van der Waals surface area (Å²) in [5, 5.41) is 5.38. The second-order valence-electron chi connectivity index (χ2n) is 5.65. The van der Waals surface area contributed by atoms with Gasteiger partial charge in [0.15, 0.2) is 5.13 Å². The number of piperidine rings is 1. The summed E-state index contributed by atoms with van der Waals surface area (Å²) in [7, 11) is 0. The Bertz CT molecular complexity index is 622. The maximum atomic E-state index is 12.0. The van der Waals surface area contributed by atoms with Gasteiger partial charge in [0.2, 0.25) is 0 Å². The van der Waals surface area contributed by atoms with Crippen molar-refractivity contribution in [1.82, 2.24) is 19.9 Å². The quantitative estimate of drug-likeness (QED) is 0.937. The van der Waals surface area contributed by atoms with Gasteiger partial charge in [0.25, 0.3) is 5.91 Å². The summed E-state index contributed by atoms with van der Waals surface area (Å²) in [6.07, 6.45) is 6.98. The molecule has 0 bridgehead atoms. The van der Waals surface area contributed by atoms with E-state index >= 15 is 0 Å². The molecule has 2 aromatic rings. The molecule has 1 N–H and O–H groups in total. The van der Waals surface area contributed by atoms with E-state index in [0.717, 1.165) is 31.2 Å². The van der Waals surface area contributed by atoms with E-state index in [0.29, 0.717) is 10.8 Å². The number of nitrogens with one attached hydrogen (secondary N) is 1. The molecule has 0 unspecified atom stereocenters. The van der Waals surface area contributed by atoms with Gasteiger partial charge in [-0.3, -0.25) is 20.0 Å². The summed E-state index contributed by atoms with van der Waals surface area (Å²) >= 11 is 1.44. The number of carbonyl (C=O) groups is 1. The van der Waals surface area contributed by atoms with Gasteiger partial charge in [-0.1, -0.05) is 6.92 Å². The van der Waals surface area contributed by atoms with Crippen molar-refractivity contribution in [3.05, 3.63) is 35.4 Å². The van der Waals surface area contributed by atoms with Crippen LogP contribution in [0.1, 0.15) is 35.9 Å². The van der Waals surface area contributed by atoms with Crippen molar-refractivity contribution in [2.45, 2.75) is 26.3 Å². The molecular weight excluding hydrogens is 298 g/mol. The minimum absolute atomic E-state index is 0.277. The summed E-state index contributed by atoms with van der Waals surface area (Å²) < 4.78 is 0. The Morgan fingerprint density at radius 2 is 2.23 bits per heavy atom. The first-order chi connectivity index (χ1) is 10.7. The first kappa shape index (κ1) is 15.1. The predicted molar refractivity (Wildman–Crippen MR) is 85.8 cm³/mol. The average molecular weight is 317 g/mol. The fraction of sp³-hybridized carbons (Fsp3) is 0.467. The molecule has 3 rings (SSSR count). The van der Waals surface area contributed by atoms with Crippen molar-refractivity contribution < 1.29 is 4.79 Å². The normalized spacial score (nSPS) is 16.6. The molecule has 1 saturated heterocycles. The average Bonchev–Trinajstić information content (AvgIpc) is 2.97. The van der Waals surface area contributed by atoms with E-state index in [9.17, 15) is 4.79 Å². The molecule has 1 fully saturated rings. The lowest BCUT2D eigenvalue weighted by atomic mass is 9.99. The van der Waals surface area contributed by atoms with Crippen LogP contribution in [0.5, 0.6) is 0 Å². The second-order valence-corrected chi connectivity index (χ2v) is 6.51. The SMILES string of the molecule is CC1CCN(Cc2csc(NC(=O)c3cnccn3)n2)CC1. The van der Waals surface area contributed by atoms with Gasteiger partial charge in [-0.05, 0) is 31.8 Å². The summed E-state index contributed by atoms with van der Waals surface area (Å²) in [4.78, 5) is 26.8. The van der Waals surface area contributed by atoms with E-state index < -0.39 is 0 Å². The minimum Gasteiger partial charge on any atom is -0.297 e. The minimum atomic E-state index is -0.277. The number of nitrogens with zero attached hydrogens (tertiary/aromatic N) is 4. The van der Waals surface area contributed by atoms with Crippen LogP contribution in [0.3, 0.4) is 0 Å². The number of anilines is 1. The molecule has 0 spiro atoms. The van der Waals surface area contributed by atoms with Crippen molar-refractivity contribution in [2.24, 2.45) is 5.92 Å². The third-order valence-electron chi connectivity index (χ3n) is 3.83. The number of amides is 1.